The van der Waals surface area contributed by atoms with Gasteiger partial charge in [0.1, 0.15) is 18.2 Å². The SMILES string of the molecule is COCc1nc(NN)cc(Oc2ccc(Cl)cc2)n1. The molecule has 1 aromatic carbocycles. The summed E-state index contributed by atoms with van der Waals surface area (Å²) in [6.45, 7) is 0.270. The van der Waals surface area contributed by atoms with Gasteiger partial charge < -0.3 is 14.9 Å². The summed E-state index contributed by atoms with van der Waals surface area (Å²) >= 11 is 5.80. The Kier molecular flexibility index (Phi) is 4.51. The molecule has 0 fully saturated rings. The summed E-state index contributed by atoms with van der Waals surface area (Å²) in [5.74, 6) is 7.26. The number of aromatic nitrogens is 2. The van der Waals surface area contributed by atoms with Gasteiger partial charge in [0.25, 0.3) is 0 Å². The van der Waals surface area contributed by atoms with E-state index in [2.05, 4.69) is 15.4 Å². The number of ether oxygens (including phenoxy) is 2. The average Bonchev–Trinajstić information content (AvgIpc) is 2.41. The summed E-state index contributed by atoms with van der Waals surface area (Å²) in [6.07, 6.45) is 0. The first-order valence-electron chi connectivity index (χ1n) is 5.48. The third-order valence-corrected chi connectivity index (χ3v) is 2.46. The maximum atomic E-state index is 5.80. The van der Waals surface area contributed by atoms with Gasteiger partial charge in [-0.2, -0.15) is 4.98 Å². The van der Waals surface area contributed by atoms with E-state index in [4.69, 9.17) is 26.9 Å². The number of halogens is 1. The fourth-order valence-electron chi connectivity index (χ4n) is 1.42. The van der Waals surface area contributed by atoms with E-state index in [0.29, 0.717) is 28.3 Å². The topological polar surface area (TPSA) is 82.3 Å². The lowest BCUT2D eigenvalue weighted by atomic mass is 10.3. The Morgan fingerprint density at radius 1 is 1.26 bits per heavy atom. The van der Waals surface area contributed by atoms with Gasteiger partial charge in [-0.15, -0.1) is 0 Å². The maximum absolute atomic E-state index is 5.80. The molecular formula is C12H13ClN4O2. The van der Waals surface area contributed by atoms with E-state index >= 15 is 0 Å². The van der Waals surface area contributed by atoms with Gasteiger partial charge in [0.05, 0.1) is 0 Å². The first kappa shape index (κ1) is 13.5. The van der Waals surface area contributed by atoms with Crippen LogP contribution in [0.5, 0.6) is 11.6 Å². The molecule has 2 rings (SSSR count). The Labute approximate surface area is 115 Å². The molecule has 2 aromatic rings. The van der Waals surface area contributed by atoms with Crippen molar-refractivity contribution < 1.29 is 9.47 Å². The molecule has 0 spiro atoms. The molecular weight excluding hydrogens is 268 g/mol. The Morgan fingerprint density at radius 2 is 2.00 bits per heavy atom. The van der Waals surface area contributed by atoms with E-state index in [9.17, 15) is 0 Å². The van der Waals surface area contributed by atoms with Crippen LogP contribution < -0.4 is 16.0 Å². The summed E-state index contributed by atoms with van der Waals surface area (Å²) < 4.78 is 10.6. The molecule has 0 bridgehead atoms. The summed E-state index contributed by atoms with van der Waals surface area (Å²) in [6, 6.07) is 8.55. The second-order valence-electron chi connectivity index (χ2n) is 3.64. The standard InChI is InChI=1S/C12H13ClN4O2/c1-18-7-11-15-10(17-14)6-12(16-11)19-9-4-2-8(13)3-5-9/h2-6H,7,14H2,1H3,(H,15,16,17). The Balaban J connectivity index is 2.23. The number of hydrazine groups is 1. The number of hydrogen-bond donors (Lipinski definition) is 2. The summed E-state index contributed by atoms with van der Waals surface area (Å²) in [5.41, 5.74) is 2.45. The second-order valence-corrected chi connectivity index (χ2v) is 4.08. The second kappa shape index (κ2) is 6.33. The molecule has 1 heterocycles. The Bertz CT molecular complexity index is 548. The molecule has 3 N–H and O–H groups in total. The van der Waals surface area contributed by atoms with Crippen molar-refractivity contribution >= 4 is 17.4 Å². The zero-order valence-electron chi connectivity index (χ0n) is 10.3. The molecule has 100 valence electrons. The molecule has 19 heavy (non-hydrogen) atoms. The molecule has 1 aromatic heterocycles. The van der Waals surface area contributed by atoms with Crippen LogP contribution in [0.15, 0.2) is 30.3 Å². The number of nitrogen functional groups attached to an aromatic ring is 1. The van der Waals surface area contributed by atoms with Crippen molar-refractivity contribution in [3.63, 3.8) is 0 Å². The van der Waals surface area contributed by atoms with Gasteiger partial charge in [0.2, 0.25) is 5.88 Å². The molecule has 0 aliphatic rings. The molecule has 0 amide bonds. The first-order valence-corrected chi connectivity index (χ1v) is 5.86. The van der Waals surface area contributed by atoms with Crippen LogP contribution in [-0.2, 0) is 11.3 Å². The van der Waals surface area contributed by atoms with Crippen LogP contribution in [0, 0.1) is 0 Å². The van der Waals surface area contributed by atoms with Crippen LogP contribution in [0.3, 0.4) is 0 Å². The molecule has 0 saturated carbocycles. The predicted molar refractivity (Wildman–Crippen MR) is 72.1 cm³/mol. The number of nitrogens with zero attached hydrogens (tertiary/aromatic N) is 2. The van der Waals surface area contributed by atoms with Crippen LogP contribution in [0.4, 0.5) is 5.82 Å². The van der Waals surface area contributed by atoms with Crippen molar-refractivity contribution in [1.82, 2.24) is 9.97 Å². The van der Waals surface area contributed by atoms with Crippen LogP contribution >= 0.6 is 11.6 Å². The highest BCUT2D eigenvalue weighted by Crippen LogP contribution is 2.23. The van der Waals surface area contributed by atoms with E-state index in [1.54, 1.807) is 37.4 Å². The number of nitrogens with one attached hydrogen (secondary N) is 1. The molecule has 0 aliphatic carbocycles. The van der Waals surface area contributed by atoms with Crippen molar-refractivity contribution in [2.45, 2.75) is 6.61 Å². The minimum absolute atomic E-state index is 0.270. The summed E-state index contributed by atoms with van der Waals surface area (Å²) in [7, 11) is 1.56. The lowest BCUT2D eigenvalue weighted by Gasteiger charge is -2.08. The summed E-state index contributed by atoms with van der Waals surface area (Å²) in [4.78, 5) is 8.33. The number of methoxy groups -OCH3 is 1. The number of rotatable bonds is 5. The van der Waals surface area contributed by atoms with E-state index in [-0.39, 0.29) is 6.61 Å². The fourth-order valence-corrected chi connectivity index (χ4v) is 1.54. The Morgan fingerprint density at radius 3 is 2.63 bits per heavy atom. The lowest BCUT2D eigenvalue weighted by molar-refractivity contribution is 0.177. The van der Waals surface area contributed by atoms with Gasteiger partial charge in [0, 0.05) is 18.2 Å². The average molecular weight is 281 g/mol. The third kappa shape index (κ3) is 3.78. The number of hydrogen-bond acceptors (Lipinski definition) is 6. The summed E-state index contributed by atoms with van der Waals surface area (Å²) in [5, 5.41) is 0.638. The molecule has 0 radical (unpaired) electrons. The monoisotopic (exact) mass is 280 g/mol. The number of nitrogens with two attached hydrogens (primary N) is 1. The van der Waals surface area contributed by atoms with Gasteiger partial charge in [-0.1, -0.05) is 11.6 Å². The van der Waals surface area contributed by atoms with E-state index in [0.717, 1.165) is 0 Å². The van der Waals surface area contributed by atoms with E-state index in [1.807, 2.05) is 0 Å². The van der Waals surface area contributed by atoms with Gasteiger partial charge in [-0.3, -0.25) is 0 Å². The van der Waals surface area contributed by atoms with Crippen molar-refractivity contribution in [3.05, 3.63) is 41.2 Å². The van der Waals surface area contributed by atoms with E-state index in [1.165, 1.54) is 0 Å². The minimum Gasteiger partial charge on any atom is -0.439 e. The van der Waals surface area contributed by atoms with Crippen molar-refractivity contribution in [3.8, 4) is 11.6 Å². The van der Waals surface area contributed by atoms with Crippen LogP contribution in [0.1, 0.15) is 5.82 Å². The van der Waals surface area contributed by atoms with Crippen molar-refractivity contribution in [1.29, 1.82) is 0 Å². The zero-order chi connectivity index (χ0) is 13.7. The normalized spacial score (nSPS) is 10.3. The molecule has 0 saturated heterocycles. The van der Waals surface area contributed by atoms with Crippen molar-refractivity contribution in [2.75, 3.05) is 12.5 Å². The van der Waals surface area contributed by atoms with Crippen LogP contribution in [-0.4, -0.2) is 17.1 Å². The number of benzene rings is 1. The predicted octanol–water partition coefficient (Wildman–Crippen LogP) is 2.35. The molecule has 6 nitrogen and oxygen atoms in total. The smallest absolute Gasteiger partial charge is 0.224 e. The van der Waals surface area contributed by atoms with Crippen molar-refractivity contribution in [2.24, 2.45) is 5.84 Å². The van der Waals surface area contributed by atoms with Gasteiger partial charge in [-0.25, -0.2) is 10.8 Å². The minimum atomic E-state index is 0.270. The highest BCUT2D eigenvalue weighted by Gasteiger charge is 2.06. The molecule has 0 atom stereocenters. The quantitative estimate of drug-likeness (QED) is 0.646. The Hall–Kier alpha value is -1.89. The molecule has 0 aliphatic heterocycles. The highest BCUT2D eigenvalue weighted by atomic mass is 35.5. The van der Waals surface area contributed by atoms with Crippen LogP contribution in [0.25, 0.3) is 0 Å². The van der Waals surface area contributed by atoms with Gasteiger partial charge in [-0.05, 0) is 24.3 Å². The number of anilines is 1. The van der Waals surface area contributed by atoms with Crippen LogP contribution in [0.2, 0.25) is 5.02 Å². The first-order chi connectivity index (χ1) is 9.21. The van der Waals surface area contributed by atoms with Gasteiger partial charge >= 0.3 is 0 Å². The zero-order valence-corrected chi connectivity index (χ0v) is 11.0. The maximum Gasteiger partial charge on any atom is 0.224 e. The largest absolute Gasteiger partial charge is 0.439 e. The third-order valence-electron chi connectivity index (χ3n) is 2.21. The molecule has 0 unspecified atom stereocenters. The van der Waals surface area contributed by atoms with Gasteiger partial charge in [0.15, 0.2) is 5.82 Å². The molecule has 7 heteroatoms. The van der Waals surface area contributed by atoms with E-state index < -0.39 is 0 Å². The lowest BCUT2D eigenvalue weighted by Crippen LogP contribution is -2.11. The highest BCUT2D eigenvalue weighted by molar-refractivity contribution is 6.30. The fraction of sp³-hybridized carbons (Fsp3) is 0.167.